The molecule has 1 aliphatic heterocycles. The summed E-state index contributed by atoms with van der Waals surface area (Å²) >= 11 is 0. The van der Waals surface area contributed by atoms with Crippen LogP contribution in [-0.2, 0) is 14.3 Å². The molecule has 0 unspecified atom stereocenters. The molecule has 1 amide bonds. The van der Waals surface area contributed by atoms with Gasteiger partial charge in [0, 0.05) is 19.2 Å². The van der Waals surface area contributed by atoms with Gasteiger partial charge >= 0.3 is 5.97 Å². The molecule has 0 spiro atoms. The normalized spacial score (nSPS) is 17.5. The van der Waals surface area contributed by atoms with Gasteiger partial charge in [-0.3, -0.25) is 4.79 Å². The van der Waals surface area contributed by atoms with Crippen LogP contribution < -0.4 is 0 Å². The van der Waals surface area contributed by atoms with Gasteiger partial charge in [-0.1, -0.05) is 6.92 Å². The summed E-state index contributed by atoms with van der Waals surface area (Å²) in [5, 5.41) is 0. The second-order valence-corrected chi connectivity index (χ2v) is 5.36. The van der Waals surface area contributed by atoms with Crippen LogP contribution >= 0.6 is 0 Å². The van der Waals surface area contributed by atoms with Gasteiger partial charge in [-0.25, -0.2) is 4.79 Å². The van der Waals surface area contributed by atoms with E-state index in [1.807, 2.05) is 27.7 Å². The Morgan fingerprint density at radius 3 is 2.47 bits per heavy atom. The molecule has 0 aromatic rings. The van der Waals surface area contributed by atoms with Crippen molar-refractivity contribution in [3.63, 3.8) is 0 Å². The van der Waals surface area contributed by atoms with Gasteiger partial charge in [-0.05, 0) is 32.8 Å². The summed E-state index contributed by atoms with van der Waals surface area (Å²) in [7, 11) is 1.75. The Hall–Kier alpha value is -1.32. The van der Waals surface area contributed by atoms with Gasteiger partial charge in [0.25, 0.3) is 0 Å². The highest BCUT2D eigenvalue weighted by Crippen LogP contribution is 2.23. The van der Waals surface area contributed by atoms with Crippen molar-refractivity contribution in [3.8, 4) is 0 Å². The van der Waals surface area contributed by atoms with Crippen molar-refractivity contribution in [1.29, 1.82) is 0 Å². The maximum Gasteiger partial charge on any atom is 0.335 e. The molecule has 1 heterocycles. The fraction of sp³-hybridized carbons (Fsp3) is 0.692. The van der Waals surface area contributed by atoms with Crippen molar-refractivity contribution in [1.82, 2.24) is 4.90 Å². The molecule has 1 aliphatic rings. The van der Waals surface area contributed by atoms with Crippen molar-refractivity contribution in [2.75, 3.05) is 13.6 Å². The van der Waals surface area contributed by atoms with Crippen LogP contribution in [0, 0.1) is 0 Å². The van der Waals surface area contributed by atoms with E-state index in [0.717, 1.165) is 12.0 Å². The quantitative estimate of drug-likeness (QED) is 0.691. The minimum atomic E-state index is -0.519. The van der Waals surface area contributed by atoms with E-state index in [1.165, 1.54) is 0 Å². The smallest absolute Gasteiger partial charge is 0.335 e. The van der Waals surface area contributed by atoms with Gasteiger partial charge in [0.05, 0.1) is 6.42 Å². The SMILES string of the molecule is CCC1=C(C(=O)OC(C)(C)C)CC(=O)N(C)C1. The van der Waals surface area contributed by atoms with Crippen molar-refractivity contribution < 1.29 is 14.3 Å². The number of carbonyl (C=O) groups is 2. The Morgan fingerprint density at radius 1 is 1.41 bits per heavy atom. The lowest BCUT2D eigenvalue weighted by atomic mass is 9.97. The predicted octanol–water partition coefficient (Wildman–Crippen LogP) is 1.90. The van der Waals surface area contributed by atoms with Gasteiger partial charge in [0.15, 0.2) is 0 Å². The number of esters is 1. The first kappa shape index (κ1) is 13.7. The number of hydrogen-bond donors (Lipinski definition) is 0. The summed E-state index contributed by atoms with van der Waals surface area (Å²) in [5.41, 5.74) is 1.03. The van der Waals surface area contributed by atoms with Gasteiger partial charge in [-0.15, -0.1) is 0 Å². The fourth-order valence-electron chi connectivity index (χ4n) is 1.76. The van der Waals surface area contributed by atoms with Crippen LogP contribution in [0.1, 0.15) is 40.5 Å². The lowest BCUT2D eigenvalue weighted by Gasteiger charge is -2.28. The molecule has 0 aromatic carbocycles. The third kappa shape index (κ3) is 3.58. The summed E-state index contributed by atoms with van der Waals surface area (Å²) in [4.78, 5) is 25.2. The molecule has 0 fully saturated rings. The van der Waals surface area contributed by atoms with Crippen LogP contribution in [-0.4, -0.2) is 36.0 Å². The molecular formula is C13H21NO3. The Kier molecular flexibility index (Phi) is 3.96. The Labute approximate surface area is 103 Å². The standard InChI is InChI=1S/C13H21NO3/c1-6-9-8-14(5)11(15)7-10(9)12(16)17-13(2,3)4/h6-8H2,1-5H3. The monoisotopic (exact) mass is 239 g/mol. The zero-order valence-electron chi connectivity index (χ0n) is 11.3. The molecule has 0 bridgehead atoms. The van der Waals surface area contributed by atoms with E-state index in [4.69, 9.17) is 4.74 Å². The summed E-state index contributed by atoms with van der Waals surface area (Å²) in [6.45, 7) is 8.00. The number of carbonyl (C=O) groups excluding carboxylic acids is 2. The van der Waals surface area contributed by atoms with E-state index < -0.39 is 5.60 Å². The largest absolute Gasteiger partial charge is 0.457 e. The summed E-state index contributed by atoms with van der Waals surface area (Å²) in [5.74, 6) is -0.376. The van der Waals surface area contributed by atoms with Crippen molar-refractivity contribution >= 4 is 11.9 Å². The van der Waals surface area contributed by atoms with Crippen LogP contribution in [0.25, 0.3) is 0 Å². The van der Waals surface area contributed by atoms with E-state index in [9.17, 15) is 9.59 Å². The second-order valence-electron chi connectivity index (χ2n) is 5.36. The lowest BCUT2D eigenvalue weighted by Crippen LogP contribution is -2.36. The second kappa shape index (κ2) is 4.90. The highest BCUT2D eigenvalue weighted by Gasteiger charge is 2.29. The molecule has 17 heavy (non-hydrogen) atoms. The van der Waals surface area contributed by atoms with E-state index in [2.05, 4.69) is 0 Å². The van der Waals surface area contributed by atoms with Crippen LogP contribution in [0.4, 0.5) is 0 Å². The number of nitrogens with zero attached hydrogens (tertiary/aromatic N) is 1. The molecule has 4 nitrogen and oxygen atoms in total. The average Bonchev–Trinajstić information content (AvgIpc) is 2.18. The number of amides is 1. The third-order valence-corrected chi connectivity index (χ3v) is 2.68. The van der Waals surface area contributed by atoms with E-state index in [0.29, 0.717) is 12.1 Å². The molecule has 4 heteroatoms. The molecule has 0 aromatic heterocycles. The highest BCUT2D eigenvalue weighted by atomic mass is 16.6. The number of likely N-dealkylation sites (N-methyl/N-ethyl adjacent to an activating group) is 1. The van der Waals surface area contributed by atoms with Crippen molar-refractivity contribution in [2.45, 2.75) is 46.1 Å². The molecular weight excluding hydrogens is 218 g/mol. The molecule has 96 valence electrons. The molecule has 1 rings (SSSR count). The summed E-state index contributed by atoms with van der Waals surface area (Å²) < 4.78 is 5.33. The van der Waals surface area contributed by atoms with E-state index in [-0.39, 0.29) is 18.3 Å². The maximum atomic E-state index is 12.0. The zero-order valence-corrected chi connectivity index (χ0v) is 11.3. The highest BCUT2D eigenvalue weighted by molar-refractivity contribution is 5.97. The lowest BCUT2D eigenvalue weighted by molar-refractivity contribution is -0.151. The number of rotatable bonds is 2. The van der Waals surface area contributed by atoms with Crippen LogP contribution in [0.3, 0.4) is 0 Å². The third-order valence-electron chi connectivity index (χ3n) is 2.68. The Morgan fingerprint density at radius 2 is 2.00 bits per heavy atom. The van der Waals surface area contributed by atoms with Crippen LogP contribution in [0.5, 0.6) is 0 Å². The number of hydrogen-bond acceptors (Lipinski definition) is 3. The molecule has 0 atom stereocenters. The molecule has 0 aliphatic carbocycles. The number of ether oxygens (including phenoxy) is 1. The van der Waals surface area contributed by atoms with Gasteiger partial charge in [0.1, 0.15) is 5.60 Å². The van der Waals surface area contributed by atoms with Crippen molar-refractivity contribution in [2.24, 2.45) is 0 Å². The average molecular weight is 239 g/mol. The molecule has 0 saturated carbocycles. The minimum absolute atomic E-state index is 0.0249. The molecule has 0 N–H and O–H groups in total. The molecule has 0 saturated heterocycles. The fourth-order valence-corrected chi connectivity index (χ4v) is 1.76. The molecule has 0 radical (unpaired) electrons. The maximum absolute atomic E-state index is 12.0. The van der Waals surface area contributed by atoms with E-state index >= 15 is 0 Å². The van der Waals surface area contributed by atoms with Crippen LogP contribution in [0.2, 0.25) is 0 Å². The summed E-state index contributed by atoms with van der Waals surface area (Å²) in [6, 6.07) is 0. The first-order valence-electron chi connectivity index (χ1n) is 5.92. The van der Waals surface area contributed by atoms with E-state index in [1.54, 1.807) is 11.9 Å². The Bertz CT molecular complexity index is 363. The summed E-state index contributed by atoms with van der Waals surface area (Å²) in [6.07, 6.45) is 0.931. The first-order valence-corrected chi connectivity index (χ1v) is 5.92. The zero-order chi connectivity index (χ0) is 13.2. The van der Waals surface area contributed by atoms with Crippen LogP contribution in [0.15, 0.2) is 11.1 Å². The predicted molar refractivity (Wildman–Crippen MR) is 65.4 cm³/mol. The first-order chi connectivity index (χ1) is 7.74. The van der Waals surface area contributed by atoms with Gasteiger partial charge in [-0.2, -0.15) is 0 Å². The minimum Gasteiger partial charge on any atom is -0.457 e. The van der Waals surface area contributed by atoms with Gasteiger partial charge < -0.3 is 9.64 Å². The van der Waals surface area contributed by atoms with Gasteiger partial charge in [0.2, 0.25) is 5.91 Å². The Balaban J connectivity index is 2.93. The topological polar surface area (TPSA) is 46.6 Å². The van der Waals surface area contributed by atoms with Crippen molar-refractivity contribution in [3.05, 3.63) is 11.1 Å².